The molecule has 0 atom stereocenters. The Balaban J connectivity index is 2.00. The molecule has 2 aromatic heterocycles. The van der Waals surface area contributed by atoms with Gasteiger partial charge in [-0.3, -0.25) is 4.79 Å². The summed E-state index contributed by atoms with van der Waals surface area (Å²) in [5, 5.41) is 6.50. The summed E-state index contributed by atoms with van der Waals surface area (Å²) in [6.07, 6.45) is 4.41. The Morgan fingerprint density at radius 2 is 2.42 bits per heavy atom. The number of hydrogen-bond acceptors (Lipinski definition) is 5. The van der Waals surface area contributed by atoms with Gasteiger partial charge in [0.1, 0.15) is 25.0 Å². The molecule has 0 aliphatic heterocycles. The lowest BCUT2D eigenvalue weighted by Gasteiger charge is -2.04. The molecule has 0 aromatic carbocycles. The Morgan fingerprint density at radius 3 is 3.16 bits per heavy atom. The van der Waals surface area contributed by atoms with E-state index in [2.05, 4.69) is 32.2 Å². The Morgan fingerprint density at radius 1 is 1.53 bits per heavy atom. The molecule has 0 aliphatic carbocycles. The zero-order chi connectivity index (χ0) is 13.5. The minimum Gasteiger partial charge on any atom is -0.320 e. The van der Waals surface area contributed by atoms with Gasteiger partial charge in [-0.1, -0.05) is 11.8 Å². The van der Waals surface area contributed by atoms with Crippen LogP contribution in [0.15, 0.2) is 31.0 Å². The molecule has 0 saturated heterocycles. The molecule has 0 saturated carbocycles. The van der Waals surface area contributed by atoms with Crippen molar-refractivity contribution in [3.05, 3.63) is 36.5 Å². The Bertz CT molecular complexity index is 611. The first kappa shape index (κ1) is 12.7. The Hall–Kier alpha value is -2.72. The van der Waals surface area contributed by atoms with Crippen LogP contribution < -0.4 is 11.1 Å². The predicted molar refractivity (Wildman–Crippen MR) is 68.8 cm³/mol. The summed E-state index contributed by atoms with van der Waals surface area (Å²) in [7, 11) is 0. The van der Waals surface area contributed by atoms with Gasteiger partial charge in [0, 0.05) is 11.8 Å². The molecule has 7 heteroatoms. The topological polar surface area (TPSA) is 98.7 Å². The van der Waals surface area contributed by atoms with Crippen LogP contribution in [-0.4, -0.2) is 32.2 Å². The fourth-order valence-corrected chi connectivity index (χ4v) is 1.37. The highest BCUT2D eigenvalue weighted by atomic mass is 16.2. The highest BCUT2D eigenvalue weighted by Gasteiger charge is 2.04. The molecule has 2 aromatic rings. The van der Waals surface area contributed by atoms with Crippen LogP contribution in [0.2, 0.25) is 0 Å². The zero-order valence-electron chi connectivity index (χ0n) is 10.1. The van der Waals surface area contributed by atoms with Crippen molar-refractivity contribution in [3.8, 4) is 11.8 Å². The van der Waals surface area contributed by atoms with E-state index in [0.29, 0.717) is 5.82 Å². The summed E-state index contributed by atoms with van der Waals surface area (Å²) in [5.41, 5.74) is 6.04. The third kappa shape index (κ3) is 3.90. The smallest absolute Gasteiger partial charge is 0.247 e. The van der Waals surface area contributed by atoms with Crippen molar-refractivity contribution in [2.45, 2.75) is 6.54 Å². The van der Waals surface area contributed by atoms with Crippen molar-refractivity contribution in [2.75, 3.05) is 11.9 Å². The molecule has 0 aliphatic rings. The summed E-state index contributed by atoms with van der Waals surface area (Å²) in [6.45, 7) is 0.372. The molecule has 3 N–H and O–H groups in total. The first-order chi connectivity index (χ1) is 9.28. The summed E-state index contributed by atoms with van der Waals surface area (Å²) in [6, 6.07) is 3.43. The average Bonchev–Trinajstić information content (AvgIpc) is 2.89. The van der Waals surface area contributed by atoms with E-state index in [1.807, 2.05) is 0 Å². The van der Waals surface area contributed by atoms with Crippen molar-refractivity contribution in [1.82, 2.24) is 19.7 Å². The molecule has 0 radical (unpaired) electrons. The standard InChI is InChI=1S/C12H12N6O/c13-4-1-2-10-3-5-15-11(6-10)17-12(19)7-18-9-14-8-16-18/h3,5-6,8-9H,4,7,13H2,(H,15,17,19). The SMILES string of the molecule is NCC#Cc1ccnc(NC(=O)Cn2cncn2)c1. The van der Waals surface area contributed by atoms with Crippen LogP contribution in [0.3, 0.4) is 0 Å². The van der Waals surface area contributed by atoms with Crippen molar-refractivity contribution < 1.29 is 4.79 Å². The minimum atomic E-state index is -0.234. The maximum atomic E-state index is 11.7. The number of amides is 1. The second-order valence-electron chi connectivity index (χ2n) is 3.58. The maximum absolute atomic E-state index is 11.7. The van der Waals surface area contributed by atoms with Gasteiger partial charge in [0.25, 0.3) is 0 Å². The first-order valence-corrected chi connectivity index (χ1v) is 5.55. The number of pyridine rings is 1. The summed E-state index contributed by atoms with van der Waals surface area (Å²) in [4.78, 5) is 19.5. The summed E-state index contributed by atoms with van der Waals surface area (Å²) in [5.74, 6) is 5.81. The maximum Gasteiger partial charge on any atom is 0.247 e. The number of aromatic nitrogens is 4. The van der Waals surface area contributed by atoms with Crippen LogP contribution >= 0.6 is 0 Å². The predicted octanol–water partition coefficient (Wildman–Crippen LogP) is -0.378. The van der Waals surface area contributed by atoms with Gasteiger partial charge in [-0.15, -0.1) is 0 Å². The summed E-state index contributed by atoms with van der Waals surface area (Å²) >= 11 is 0. The minimum absolute atomic E-state index is 0.0837. The third-order valence-electron chi connectivity index (χ3n) is 2.13. The molecule has 0 unspecified atom stereocenters. The van der Waals surface area contributed by atoms with E-state index in [9.17, 15) is 4.79 Å². The van der Waals surface area contributed by atoms with Gasteiger partial charge in [-0.2, -0.15) is 5.10 Å². The van der Waals surface area contributed by atoms with E-state index in [-0.39, 0.29) is 19.0 Å². The molecule has 1 amide bonds. The normalized spacial score (nSPS) is 9.53. The Kier molecular flexibility index (Phi) is 4.21. The molecule has 96 valence electrons. The molecule has 2 heterocycles. The molecule has 0 fully saturated rings. The number of nitrogens with two attached hydrogens (primary N) is 1. The second kappa shape index (κ2) is 6.28. The van der Waals surface area contributed by atoms with Gasteiger partial charge in [0.15, 0.2) is 0 Å². The first-order valence-electron chi connectivity index (χ1n) is 5.55. The third-order valence-corrected chi connectivity index (χ3v) is 2.13. The van der Waals surface area contributed by atoms with Crippen LogP contribution in [0.25, 0.3) is 0 Å². The van der Waals surface area contributed by atoms with Crippen molar-refractivity contribution in [2.24, 2.45) is 5.73 Å². The highest BCUT2D eigenvalue weighted by Crippen LogP contribution is 2.05. The lowest BCUT2D eigenvalue weighted by atomic mass is 10.2. The van der Waals surface area contributed by atoms with Crippen LogP contribution in [0.5, 0.6) is 0 Å². The lowest BCUT2D eigenvalue weighted by molar-refractivity contribution is -0.116. The highest BCUT2D eigenvalue weighted by molar-refractivity contribution is 5.89. The number of nitrogens with zero attached hydrogens (tertiary/aromatic N) is 4. The average molecular weight is 256 g/mol. The Labute approximate surface area is 109 Å². The van der Waals surface area contributed by atoms with Gasteiger partial charge in [0.2, 0.25) is 5.91 Å². The van der Waals surface area contributed by atoms with Crippen molar-refractivity contribution >= 4 is 11.7 Å². The van der Waals surface area contributed by atoms with Crippen molar-refractivity contribution in [1.29, 1.82) is 0 Å². The number of anilines is 1. The van der Waals surface area contributed by atoms with Crippen molar-refractivity contribution in [3.63, 3.8) is 0 Å². The molecular weight excluding hydrogens is 244 g/mol. The van der Waals surface area contributed by atoms with E-state index in [0.717, 1.165) is 5.56 Å². The number of carbonyl (C=O) groups is 1. The number of rotatable bonds is 3. The summed E-state index contributed by atoms with van der Waals surface area (Å²) < 4.78 is 1.42. The fraction of sp³-hybridized carbons (Fsp3) is 0.167. The van der Waals surface area contributed by atoms with Gasteiger partial charge in [-0.05, 0) is 12.1 Å². The van der Waals surface area contributed by atoms with Gasteiger partial charge >= 0.3 is 0 Å². The number of nitrogens with one attached hydrogen (secondary N) is 1. The van der Waals surface area contributed by atoms with Crippen LogP contribution in [0.4, 0.5) is 5.82 Å². The van der Waals surface area contributed by atoms with E-state index in [1.54, 1.807) is 18.3 Å². The van der Waals surface area contributed by atoms with Gasteiger partial charge < -0.3 is 11.1 Å². The molecular formula is C12H12N6O. The van der Waals surface area contributed by atoms with E-state index in [1.165, 1.54) is 17.3 Å². The number of hydrogen-bond donors (Lipinski definition) is 2. The largest absolute Gasteiger partial charge is 0.320 e. The second-order valence-corrected chi connectivity index (χ2v) is 3.58. The zero-order valence-corrected chi connectivity index (χ0v) is 10.1. The van der Waals surface area contributed by atoms with Crippen LogP contribution in [0, 0.1) is 11.8 Å². The quantitative estimate of drug-likeness (QED) is 0.729. The van der Waals surface area contributed by atoms with Gasteiger partial charge in [-0.25, -0.2) is 14.6 Å². The lowest BCUT2D eigenvalue weighted by Crippen LogP contribution is -2.19. The van der Waals surface area contributed by atoms with Crippen LogP contribution in [0.1, 0.15) is 5.56 Å². The van der Waals surface area contributed by atoms with E-state index < -0.39 is 0 Å². The fourth-order valence-electron chi connectivity index (χ4n) is 1.37. The molecule has 2 rings (SSSR count). The van der Waals surface area contributed by atoms with Crippen LogP contribution in [-0.2, 0) is 11.3 Å². The van der Waals surface area contributed by atoms with E-state index >= 15 is 0 Å². The monoisotopic (exact) mass is 256 g/mol. The molecule has 7 nitrogen and oxygen atoms in total. The molecule has 0 spiro atoms. The number of carbonyl (C=O) groups excluding carboxylic acids is 1. The van der Waals surface area contributed by atoms with E-state index in [4.69, 9.17) is 5.73 Å². The molecule has 19 heavy (non-hydrogen) atoms. The molecule has 0 bridgehead atoms. The van der Waals surface area contributed by atoms with Gasteiger partial charge in [0.05, 0.1) is 6.54 Å².